The molecule has 1 atom stereocenters. The van der Waals surface area contributed by atoms with E-state index in [1.165, 1.54) is 18.1 Å². The number of fused-ring (bicyclic) bond motifs is 3. The molecule has 0 saturated carbocycles. The highest BCUT2D eigenvalue weighted by Crippen LogP contribution is 2.41. The Morgan fingerprint density at radius 2 is 1.75 bits per heavy atom. The van der Waals surface area contributed by atoms with Crippen LogP contribution >= 0.6 is 11.8 Å². The van der Waals surface area contributed by atoms with Gasteiger partial charge in [-0.25, -0.2) is 9.78 Å². The molecule has 0 spiro atoms. The fourth-order valence-electron chi connectivity index (χ4n) is 5.90. The lowest BCUT2D eigenvalue weighted by molar-refractivity contribution is -0.0412. The molecule has 0 saturated heterocycles. The normalized spacial score (nSPS) is 16.2. The number of methoxy groups -OCH3 is 2. The number of hydrogen-bond acceptors (Lipinski definition) is 10. The molecule has 270 valence electrons. The van der Waals surface area contributed by atoms with E-state index in [0.29, 0.717) is 40.7 Å². The molecule has 7 rings (SSSR count). The maximum Gasteiger partial charge on any atom is 0.413 e. The Bertz CT molecular complexity index is 2160. The number of ketones is 1. The summed E-state index contributed by atoms with van der Waals surface area (Å²) in [7, 11) is 2.88. The number of aliphatic hydroxyl groups is 1. The summed E-state index contributed by atoms with van der Waals surface area (Å²) in [4.78, 5) is 33.9. The average Bonchev–Trinajstić information content (AvgIpc) is 3.50. The highest BCUT2D eigenvalue weighted by atomic mass is 32.2. The highest BCUT2D eigenvalue weighted by Gasteiger charge is 2.36. The molecule has 4 aromatic carbocycles. The number of aromatic nitrogens is 2. The summed E-state index contributed by atoms with van der Waals surface area (Å²) in [5, 5.41) is 23.3. The second-order valence-electron chi connectivity index (χ2n) is 13.5. The third kappa shape index (κ3) is 8.03. The van der Waals surface area contributed by atoms with Crippen LogP contribution in [0.2, 0.25) is 0 Å². The quantitative estimate of drug-likeness (QED) is 0.122. The minimum Gasteiger partial charge on any atom is -0.507 e. The number of carbonyl (C=O) groups is 2. The van der Waals surface area contributed by atoms with E-state index in [-0.39, 0.29) is 23.5 Å². The van der Waals surface area contributed by atoms with Crippen LogP contribution in [0.25, 0.3) is 17.1 Å². The zero-order valence-electron chi connectivity index (χ0n) is 29.8. The summed E-state index contributed by atoms with van der Waals surface area (Å²) in [6, 6.07) is 22.8. The van der Waals surface area contributed by atoms with E-state index in [4.69, 9.17) is 14.2 Å². The molecule has 0 aliphatic carbocycles. The Hall–Kier alpha value is -5.46. The van der Waals surface area contributed by atoms with E-state index >= 15 is 0 Å². The van der Waals surface area contributed by atoms with Crippen molar-refractivity contribution in [2.45, 2.75) is 67.6 Å². The predicted octanol–water partition coefficient (Wildman–Crippen LogP) is 7.98. The fraction of sp³-hybridized carbons (Fsp3) is 0.275. The van der Waals surface area contributed by atoms with Gasteiger partial charge in [-0.1, -0.05) is 36.0 Å². The van der Waals surface area contributed by atoms with E-state index in [0.717, 1.165) is 21.5 Å². The number of aromatic amines is 1. The minimum atomic E-state index is -0.758. The number of ether oxygens (including phenoxy) is 4. The van der Waals surface area contributed by atoms with Gasteiger partial charge in [0.25, 0.3) is 0 Å². The number of anilines is 1. The van der Waals surface area contributed by atoms with Crippen molar-refractivity contribution in [3.63, 3.8) is 0 Å². The summed E-state index contributed by atoms with van der Waals surface area (Å²) in [6.45, 7) is 7.52. The molecule has 2 aliphatic heterocycles. The molecule has 3 heterocycles. The molecule has 0 fully saturated rings. The second kappa shape index (κ2) is 14.6. The Labute approximate surface area is 306 Å². The van der Waals surface area contributed by atoms with Crippen molar-refractivity contribution in [3.05, 3.63) is 101 Å². The van der Waals surface area contributed by atoms with E-state index < -0.39 is 23.4 Å². The largest absolute Gasteiger partial charge is 0.507 e. The maximum atomic E-state index is 13.1. The number of carbonyl (C=O) groups excluding carboxylic acids is 2. The van der Waals surface area contributed by atoms with Gasteiger partial charge in [0.1, 0.15) is 34.2 Å². The van der Waals surface area contributed by atoms with Gasteiger partial charge < -0.3 is 34.1 Å². The highest BCUT2D eigenvalue weighted by molar-refractivity contribution is 7.99. The number of H-pyrrole nitrogens is 1. The first-order valence-electron chi connectivity index (χ1n) is 16.7. The van der Waals surface area contributed by atoms with Gasteiger partial charge in [-0.15, -0.1) is 0 Å². The number of phenols is 1. The van der Waals surface area contributed by atoms with E-state index in [1.807, 2.05) is 74.5 Å². The molecule has 0 radical (unpaired) electrons. The van der Waals surface area contributed by atoms with Crippen molar-refractivity contribution in [3.8, 4) is 23.0 Å². The van der Waals surface area contributed by atoms with E-state index in [2.05, 4.69) is 32.2 Å². The summed E-state index contributed by atoms with van der Waals surface area (Å²) in [6.07, 6.45) is 3.05. The minimum absolute atomic E-state index is 0.0505. The predicted molar refractivity (Wildman–Crippen MR) is 200 cm³/mol. The lowest BCUT2D eigenvalue weighted by atomic mass is 9.89. The van der Waals surface area contributed by atoms with Crippen LogP contribution in [0.5, 0.6) is 23.0 Å². The molecule has 2 aliphatic rings. The number of aromatic hydroxyl groups is 1. The Balaban J connectivity index is 0.000000192. The summed E-state index contributed by atoms with van der Waals surface area (Å²) in [5.74, 6) is 1.75. The summed E-state index contributed by atoms with van der Waals surface area (Å²) in [5.41, 5.74) is 2.87. The molecule has 12 heteroatoms. The van der Waals surface area contributed by atoms with Gasteiger partial charge >= 0.3 is 6.09 Å². The van der Waals surface area contributed by atoms with E-state index in [9.17, 15) is 19.8 Å². The number of rotatable bonds is 7. The van der Waals surface area contributed by atoms with Crippen molar-refractivity contribution >= 4 is 46.7 Å². The van der Waals surface area contributed by atoms with Crippen LogP contribution in [0, 0.1) is 0 Å². The molecular weight excluding hydrogens is 683 g/mol. The van der Waals surface area contributed by atoms with Gasteiger partial charge in [0.05, 0.1) is 42.5 Å². The van der Waals surface area contributed by atoms with Crippen LogP contribution in [-0.4, -0.2) is 63.6 Å². The van der Waals surface area contributed by atoms with Gasteiger partial charge in [-0.3, -0.25) is 10.1 Å². The third-order valence-corrected chi connectivity index (χ3v) is 9.72. The topological polar surface area (TPSA) is 152 Å². The standard InChI is InChI=1S/C25H28O6.C15H13N3O2S/c1-24(2)9-8-16-20(30-24)7-6-14(23(16)29-5)11-18(26)17-10-15-12-22(28)25(3,4)31-21(15)13-19(17)27;1-20-15(19)18-14-16-12-8-7-11(9-13(12)17-14)21-10-5-3-2-4-6-10/h6-10,13,22,27-28H,11-12H2,1-5H3;2-9H,1H3,(H2,16,17,18,19). The van der Waals surface area contributed by atoms with E-state index in [1.54, 1.807) is 38.8 Å². The summed E-state index contributed by atoms with van der Waals surface area (Å²) >= 11 is 1.67. The Morgan fingerprint density at radius 3 is 2.48 bits per heavy atom. The van der Waals surface area contributed by atoms with Gasteiger partial charge in [-0.2, -0.15) is 0 Å². The maximum absolute atomic E-state index is 13.1. The number of phenolic OH excluding ortho intramolecular Hbond substituents is 1. The van der Waals surface area contributed by atoms with Crippen molar-refractivity contribution in [1.82, 2.24) is 9.97 Å². The van der Waals surface area contributed by atoms with Gasteiger partial charge in [-0.05, 0) is 87.9 Å². The van der Waals surface area contributed by atoms with Crippen molar-refractivity contribution in [2.75, 3.05) is 19.5 Å². The van der Waals surface area contributed by atoms with Gasteiger partial charge in [0.15, 0.2) is 5.78 Å². The molecular formula is C40H41N3O8S. The van der Waals surface area contributed by atoms with Crippen molar-refractivity contribution in [1.29, 1.82) is 0 Å². The molecule has 1 unspecified atom stereocenters. The van der Waals surface area contributed by atoms with Crippen LogP contribution < -0.4 is 19.5 Å². The number of nitrogens with zero attached hydrogens (tertiary/aromatic N) is 1. The molecule has 4 N–H and O–H groups in total. The number of hydrogen-bond donors (Lipinski definition) is 4. The number of benzene rings is 4. The average molecular weight is 724 g/mol. The molecule has 0 bridgehead atoms. The van der Waals surface area contributed by atoms with Gasteiger partial charge in [0, 0.05) is 34.3 Å². The Kier molecular flexibility index (Phi) is 10.2. The first-order valence-corrected chi connectivity index (χ1v) is 17.5. The van der Waals surface area contributed by atoms with Gasteiger partial charge in [0.2, 0.25) is 5.95 Å². The van der Waals surface area contributed by atoms with Crippen LogP contribution in [-0.2, 0) is 17.6 Å². The number of amides is 1. The molecule has 1 amide bonds. The Morgan fingerprint density at radius 1 is 0.981 bits per heavy atom. The smallest absolute Gasteiger partial charge is 0.413 e. The van der Waals surface area contributed by atoms with Crippen LogP contribution in [0.15, 0.2) is 88.7 Å². The fourth-order valence-corrected chi connectivity index (χ4v) is 6.78. The zero-order chi connectivity index (χ0) is 37.2. The second-order valence-corrected chi connectivity index (χ2v) is 14.7. The summed E-state index contributed by atoms with van der Waals surface area (Å²) < 4.78 is 21.9. The first-order chi connectivity index (χ1) is 24.7. The lowest BCUT2D eigenvalue weighted by Gasteiger charge is -2.37. The monoisotopic (exact) mass is 723 g/mol. The first kappa shape index (κ1) is 36.3. The number of imidazole rings is 1. The molecule has 52 heavy (non-hydrogen) atoms. The number of aliphatic hydroxyl groups excluding tert-OH is 1. The number of nitrogens with one attached hydrogen (secondary N) is 2. The van der Waals surface area contributed by atoms with Crippen LogP contribution in [0.1, 0.15) is 54.7 Å². The third-order valence-electron chi connectivity index (χ3n) is 8.72. The van der Waals surface area contributed by atoms with Crippen molar-refractivity contribution < 1.29 is 38.7 Å². The van der Waals surface area contributed by atoms with Crippen LogP contribution in [0.4, 0.5) is 10.7 Å². The molecule has 1 aromatic heterocycles. The molecule has 11 nitrogen and oxygen atoms in total. The van der Waals surface area contributed by atoms with Crippen molar-refractivity contribution in [2.24, 2.45) is 0 Å². The van der Waals surface area contributed by atoms with Crippen LogP contribution in [0.3, 0.4) is 0 Å². The SMILES string of the molecule is COC(=O)Nc1nc2ccc(Sc3ccccc3)cc2[nH]1.COc1c(CC(=O)c2cc3c(cc2O)OC(C)(C)C(O)C3)ccc2c1C=CC(C)(C)O2. The zero-order valence-corrected chi connectivity index (χ0v) is 30.6. The number of Topliss-reactive ketones (excluding diaryl/α,β-unsaturated/α-hetero) is 1. The lowest BCUT2D eigenvalue weighted by Crippen LogP contribution is -2.46. The molecule has 5 aromatic rings.